The smallest absolute Gasteiger partial charge is 0.261 e. The molecule has 0 unspecified atom stereocenters. The Morgan fingerprint density at radius 3 is 3.00 bits per heavy atom. The summed E-state index contributed by atoms with van der Waals surface area (Å²) < 4.78 is 4.94. The lowest BCUT2D eigenvalue weighted by Gasteiger charge is -2.05. The van der Waals surface area contributed by atoms with Crippen LogP contribution in [0.5, 0.6) is 0 Å². The van der Waals surface area contributed by atoms with E-state index >= 15 is 0 Å². The zero-order chi connectivity index (χ0) is 14.8. The zero-order valence-electron chi connectivity index (χ0n) is 12.1. The highest BCUT2D eigenvalue weighted by atomic mass is 32.1. The van der Waals surface area contributed by atoms with Crippen LogP contribution in [0.2, 0.25) is 0 Å². The molecule has 0 saturated heterocycles. The molecule has 0 aliphatic heterocycles. The Hall–Kier alpha value is -1.73. The maximum atomic E-state index is 12.2. The number of methoxy groups -OCH3 is 1. The monoisotopic (exact) mass is 306 g/mol. The molecule has 0 bridgehead atoms. The first-order valence-corrected chi connectivity index (χ1v) is 7.80. The summed E-state index contributed by atoms with van der Waals surface area (Å²) in [4.78, 5) is 22.4. The third-order valence-corrected chi connectivity index (χ3v) is 4.64. The number of amides is 1. The van der Waals surface area contributed by atoms with Crippen molar-refractivity contribution in [2.75, 3.05) is 25.6 Å². The molecule has 1 saturated carbocycles. The third-order valence-electron chi connectivity index (χ3n) is 3.44. The van der Waals surface area contributed by atoms with Gasteiger partial charge < -0.3 is 15.4 Å². The van der Waals surface area contributed by atoms with Gasteiger partial charge in [-0.25, -0.2) is 9.97 Å². The molecule has 1 aliphatic rings. The second-order valence-corrected chi connectivity index (χ2v) is 6.12. The van der Waals surface area contributed by atoms with Crippen LogP contribution >= 0.6 is 11.3 Å². The Kier molecular flexibility index (Phi) is 4.03. The molecule has 0 aromatic carbocycles. The molecule has 2 N–H and O–H groups in total. The number of nitrogens with zero attached hydrogens (tertiary/aromatic N) is 2. The van der Waals surface area contributed by atoms with Crippen LogP contribution in [0.1, 0.15) is 28.1 Å². The number of aryl methyl sites for hydroxylation is 1. The molecule has 112 valence electrons. The van der Waals surface area contributed by atoms with Crippen LogP contribution in [0.3, 0.4) is 0 Å². The second kappa shape index (κ2) is 5.95. The normalized spacial score (nSPS) is 14.4. The summed E-state index contributed by atoms with van der Waals surface area (Å²) >= 11 is 1.41. The van der Waals surface area contributed by atoms with Gasteiger partial charge in [0.25, 0.3) is 5.91 Å². The van der Waals surface area contributed by atoms with E-state index in [-0.39, 0.29) is 5.91 Å². The number of thiophene rings is 1. The van der Waals surface area contributed by atoms with Crippen molar-refractivity contribution < 1.29 is 9.53 Å². The lowest BCUT2D eigenvalue weighted by atomic mass is 10.2. The fourth-order valence-corrected chi connectivity index (χ4v) is 3.23. The van der Waals surface area contributed by atoms with Gasteiger partial charge in [-0.2, -0.15) is 0 Å². The van der Waals surface area contributed by atoms with E-state index in [0.29, 0.717) is 24.1 Å². The standard InChI is InChI=1S/C14H18N4O2S/c1-8-10-12(18-9-3-4-9)16-7-17-14(10)21-11(8)13(19)15-5-6-20-2/h7,9H,3-6H2,1-2H3,(H,15,19)(H,16,17,18). The van der Waals surface area contributed by atoms with Crippen LogP contribution in [-0.4, -0.2) is 42.2 Å². The quantitative estimate of drug-likeness (QED) is 0.798. The number of hydrogen-bond donors (Lipinski definition) is 2. The van der Waals surface area contributed by atoms with Crippen molar-refractivity contribution in [1.29, 1.82) is 0 Å². The van der Waals surface area contributed by atoms with Gasteiger partial charge in [0.2, 0.25) is 0 Å². The minimum Gasteiger partial charge on any atom is -0.383 e. The summed E-state index contributed by atoms with van der Waals surface area (Å²) in [5, 5.41) is 7.22. The van der Waals surface area contributed by atoms with Crippen molar-refractivity contribution in [2.24, 2.45) is 0 Å². The molecule has 3 rings (SSSR count). The molecular formula is C14H18N4O2S. The van der Waals surface area contributed by atoms with Gasteiger partial charge in [-0.3, -0.25) is 4.79 Å². The summed E-state index contributed by atoms with van der Waals surface area (Å²) in [5.41, 5.74) is 0.939. The lowest BCUT2D eigenvalue weighted by molar-refractivity contribution is 0.0940. The van der Waals surface area contributed by atoms with E-state index in [1.807, 2.05) is 6.92 Å². The largest absolute Gasteiger partial charge is 0.383 e. The Balaban J connectivity index is 1.89. The first kappa shape index (κ1) is 14.2. The highest BCUT2D eigenvalue weighted by Gasteiger charge is 2.24. The number of nitrogens with one attached hydrogen (secondary N) is 2. The van der Waals surface area contributed by atoms with Crippen molar-refractivity contribution in [1.82, 2.24) is 15.3 Å². The third kappa shape index (κ3) is 2.98. The van der Waals surface area contributed by atoms with E-state index < -0.39 is 0 Å². The molecule has 2 aromatic heterocycles. The van der Waals surface area contributed by atoms with Crippen LogP contribution in [-0.2, 0) is 4.74 Å². The van der Waals surface area contributed by atoms with Crippen LogP contribution in [0, 0.1) is 6.92 Å². The van der Waals surface area contributed by atoms with E-state index in [9.17, 15) is 4.79 Å². The lowest BCUT2D eigenvalue weighted by Crippen LogP contribution is -2.26. The zero-order valence-corrected chi connectivity index (χ0v) is 12.9. The van der Waals surface area contributed by atoms with Crippen LogP contribution in [0.15, 0.2) is 6.33 Å². The minimum absolute atomic E-state index is 0.0788. The topological polar surface area (TPSA) is 76.1 Å². The maximum Gasteiger partial charge on any atom is 0.261 e. The molecule has 1 amide bonds. The molecule has 1 fully saturated rings. The van der Waals surface area contributed by atoms with E-state index in [4.69, 9.17) is 4.74 Å². The van der Waals surface area contributed by atoms with Crippen molar-refractivity contribution in [2.45, 2.75) is 25.8 Å². The number of ether oxygens (including phenoxy) is 1. The molecule has 2 aromatic rings. The Bertz CT molecular complexity index is 666. The van der Waals surface area contributed by atoms with Gasteiger partial charge in [0.1, 0.15) is 17.0 Å². The van der Waals surface area contributed by atoms with E-state index in [0.717, 1.165) is 21.6 Å². The fraction of sp³-hybridized carbons (Fsp3) is 0.500. The van der Waals surface area contributed by atoms with Gasteiger partial charge in [0.15, 0.2) is 0 Å². The van der Waals surface area contributed by atoms with Crippen molar-refractivity contribution >= 4 is 33.3 Å². The maximum absolute atomic E-state index is 12.2. The molecule has 7 heteroatoms. The number of rotatable bonds is 6. The Morgan fingerprint density at radius 1 is 1.48 bits per heavy atom. The number of carbonyl (C=O) groups excluding carboxylic acids is 1. The average Bonchev–Trinajstić information content (AvgIpc) is 3.22. The van der Waals surface area contributed by atoms with Gasteiger partial charge in [0.05, 0.1) is 16.9 Å². The van der Waals surface area contributed by atoms with Gasteiger partial charge in [-0.15, -0.1) is 11.3 Å². The predicted octanol–water partition coefficient (Wildman–Crippen LogP) is 1.95. The van der Waals surface area contributed by atoms with E-state index in [1.54, 1.807) is 13.4 Å². The second-order valence-electron chi connectivity index (χ2n) is 5.13. The highest BCUT2D eigenvalue weighted by molar-refractivity contribution is 7.20. The Labute approximate surface area is 126 Å². The molecule has 1 aliphatic carbocycles. The molecule has 0 spiro atoms. The molecule has 0 radical (unpaired) electrons. The number of aromatic nitrogens is 2. The number of carbonyl (C=O) groups is 1. The van der Waals surface area contributed by atoms with Gasteiger partial charge in [-0.05, 0) is 25.3 Å². The molecule has 21 heavy (non-hydrogen) atoms. The predicted molar refractivity (Wildman–Crippen MR) is 83.0 cm³/mol. The van der Waals surface area contributed by atoms with Gasteiger partial charge >= 0.3 is 0 Å². The van der Waals surface area contributed by atoms with Crippen molar-refractivity contribution in [3.63, 3.8) is 0 Å². The van der Waals surface area contributed by atoms with E-state index in [2.05, 4.69) is 20.6 Å². The average molecular weight is 306 g/mol. The summed E-state index contributed by atoms with van der Waals surface area (Å²) in [6.45, 7) is 2.96. The number of fused-ring (bicyclic) bond motifs is 1. The number of anilines is 1. The molecule has 6 nitrogen and oxygen atoms in total. The fourth-order valence-electron chi connectivity index (χ4n) is 2.17. The van der Waals surface area contributed by atoms with Crippen LogP contribution in [0.4, 0.5) is 5.82 Å². The number of hydrogen-bond acceptors (Lipinski definition) is 6. The first-order chi connectivity index (χ1) is 10.2. The van der Waals surface area contributed by atoms with Crippen LogP contribution in [0.25, 0.3) is 10.2 Å². The van der Waals surface area contributed by atoms with Crippen LogP contribution < -0.4 is 10.6 Å². The summed E-state index contributed by atoms with van der Waals surface area (Å²) in [5.74, 6) is 0.761. The summed E-state index contributed by atoms with van der Waals surface area (Å²) in [7, 11) is 1.61. The molecule has 0 atom stereocenters. The van der Waals surface area contributed by atoms with Crippen molar-refractivity contribution in [3.05, 3.63) is 16.8 Å². The summed E-state index contributed by atoms with van der Waals surface area (Å²) in [6.07, 6.45) is 3.91. The minimum atomic E-state index is -0.0788. The molecule has 2 heterocycles. The van der Waals surface area contributed by atoms with Crippen molar-refractivity contribution in [3.8, 4) is 0 Å². The molecular weight excluding hydrogens is 288 g/mol. The van der Waals surface area contributed by atoms with Gasteiger partial charge in [0, 0.05) is 19.7 Å². The highest BCUT2D eigenvalue weighted by Crippen LogP contribution is 2.35. The van der Waals surface area contributed by atoms with E-state index in [1.165, 1.54) is 24.2 Å². The Morgan fingerprint density at radius 2 is 2.29 bits per heavy atom. The summed E-state index contributed by atoms with van der Waals surface area (Å²) in [6, 6.07) is 0.515. The van der Waals surface area contributed by atoms with Gasteiger partial charge in [-0.1, -0.05) is 0 Å². The SMILES string of the molecule is COCCNC(=O)c1sc2ncnc(NC3CC3)c2c1C. The first-order valence-electron chi connectivity index (χ1n) is 6.98.